The number of amides is 1. The number of hydrogen-bond acceptors (Lipinski definition) is 4. The molecule has 0 aliphatic carbocycles. The van der Waals surface area contributed by atoms with Gasteiger partial charge in [-0.1, -0.05) is 26.0 Å². The minimum Gasteiger partial charge on any atom is -0.477 e. The molecular formula is C15H20N2O4. The van der Waals surface area contributed by atoms with E-state index in [-0.39, 0.29) is 24.0 Å². The second kappa shape index (κ2) is 6.56. The van der Waals surface area contributed by atoms with E-state index in [9.17, 15) is 14.9 Å². The molecule has 0 aromatic heterocycles. The minimum absolute atomic E-state index is 0.119. The molecule has 1 aliphatic heterocycles. The number of nitro benzene ring substituents is 1. The molecule has 0 spiro atoms. The van der Waals surface area contributed by atoms with Gasteiger partial charge in [0.15, 0.2) is 12.4 Å². The topological polar surface area (TPSA) is 72.7 Å². The van der Waals surface area contributed by atoms with Gasteiger partial charge in [-0.15, -0.1) is 0 Å². The lowest BCUT2D eigenvalue weighted by atomic mass is 9.92. The maximum Gasteiger partial charge on any atom is 0.310 e. The van der Waals surface area contributed by atoms with Crippen LogP contribution in [-0.4, -0.2) is 35.4 Å². The molecule has 1 heterocycles. The van der Waals surface area contributed by atoms with Crippen molar-refractivity contribution in [3.05, 3.63) is 34.4 Å². The van der Waals surface area contributed by atoms with Crippen molar-refractivity contribution in [3.8, 4) is 5.75 Å². The number of likely N-dealkylation sites (tertiary alicyclic amines) is 1. The van der Waals surface area contributed by atoms with E-state index in [2.05, 4.69) is 13.8 Å². The SMILES string of the molecule is CC1CC(C)CN(C(=O)COc2ccccc2[N+](=O)[O-])C1. The number of nitrogens with zero attached hydrogens (tertiary/aromatic N) is 2. The zero-order valence-electron chi connectivity index (χ0n) is 12.3. The Bertz CT molecular complexity index is 522. The smallest absolute Gasteiger partial charge is 0.310 e. The van der Waals surface area contributed by atoms with Gasteiger partial charge in [0.25, 0.3) is 5.91 Å². The Morgan fingerprint density at radius 3 is 2.57 bits per heavy atom. The zero-order chi connectivity index (χ0) is 15.4. The third-order valence-electron chi connectivity index (χ3n) is 3.63. The van der Waals surface area contributed by atoms with Crippen LogP contribution in [0.1, 0.15) is 20.3 Å². The zero-order valence-corrected chi connectivity index (χ0v) is 12.3. The van der Waals surface area contributed by atoms with Gasteiger partial charge in [-0.05, 0) is 24.3 Å². The fraction of sp³-hybridized carbons (Fsp3) is 0.533. The molecule has 1 fully saturated rings. The van der Waals surface area contributed by atoms with E-state index >= 15 is 0 Å². The summed E-state index contributed by atoms with van der Waals surface area (Å²) in [6.07, 6.45) is 1.12. The molecule has 0 radical (unpaired) electrons. The van der Waals surface area contributed by atoms with Crippen LogP contribution in [0.4, 0.5) is 5.69 Å². The van der Waals surface area contributed by atoms with Crippen molar-refractivity contribution in [1.82, 2.24) is 4.90 Å². The van der Waals surface area contributed by atoms with E-state index in [1.807, 2.05) is 0 Å². The van der Waals surface area contributed by atoms with Gasteiger partial charge < -0.3 is 9.64 Å². The number of carbonyl (C=O) groups excluding carboxylic acids is 1. The first-order valence-corrected chi connectivity index (χ1v) is 7.11. The predicted molar refractivity (Wildman–Crippen MR) is 78.1 cm³/mol. The average molecular weight is 292 g/mol. The highest BCUT2D eigenvalue weighted by Gasteiger charge is 2.26. The second-order valence-electron chi connectivity index (χ2n) is 5.76. The Hall–Kier alpha value is -2.11. The third-order valence-corrected chi connectivity index (χ3v) is 3.63. The van der Waals surface area contributed by atoms with Gasteiger partial charge in [0.1, 0.15) is 0 Å². The summed E-state index contributed by atoms with van der Waals surface area (Å²) in [5, 5.41) is 10.9. The first kappa shape index (κ1) is 15.3. The number of rotatable bonds is 4. The van der Waals surface area contributed by atoms with Crippen molar-refractivity contribution in [2.24, 2.45) is 11.8 Å². The molecule has 0 bridgehead atoms. The van der Waals surface area contributed by atoms with Crippen molar-refractivity contribution < 1.29 is 14.5 Å². The lowest BCUT2D eigenvalue weighted by molar-refractivity contribution is -0.385. The monoisotopic (exact) mass is 292 g/mol. The molecule has 0 N–H and O–H groups in total. The van der Waals surface area contributed by atoms with E-state index in [4.69, 9.17) is 4.74 Å². The van der Waals surface area contributed by atoms with Gasteiger partial charge in [0, 0.05) is 19.2 Å². The number of carbonyl (C=O) groups is 1. The van der Waals surface area contributed by atoms with Crippen molar-refractivity contribution in [3.63, 3.8) is 0 Å². The first-order valence-electron chi connectivity index (χ1n) is 7.11. The summed E-state index contributed by atoms with van der Waals surface area (Å²) in [6.45, 7) is 5.54. The van der Waals surface area contributed by atoms with E-state index < -0.39 is 4.92 Å². The fourth-order valence-electron chi connectivity index (χ4n) is 2.83. The van der Waals surface area contributed by atoms with Crippen molar-refractivity contribution in [2.75, 3.05) is 19.7 Å². The highest BCUT2D eigenvalue weighted by Crippen LogP contribution is 2.26. The average Bonchev–Trinajstić information content (AvgIpc) is 2.43. The summed E-state index contributed by atoms with van der Waals surface area (Å²) in [5.41, 5.74) is -0.120. The van der Waals surface area contributed by atoms with E-state index in [0.29, 0.717) is 11.8 Å². The molecule has 2 rings (SSSR count). The molecule has 1 aromatic carbocycles. The number of benzene rings is 1. The number of para-hydroxylation sites is 2. The van der Waals surface area contributed by atoms with Crippen LogP contribution in [0.3, 0.4) is 0 Å². The van der Waals surface area contributed by atoms with Crippen molar-refractivity contribution >= 4 is 11.6 Å². The number of hydrogen-bond donors (Lipinski definition) is 0. The molecule has 1 saturated heterocycles. The lowest BCUT2D eigenvalue weighted by Gasteiger charge is -2.34. The van der Waals surface area contributed by atoms with Crippen LogP contribution in [0.15, 0.2) is 24.3 Å². The molecule has 114 valence electrons. The van der Waals surface area contributed by atoms with Crippen LogP contribution >= 0.6 is 0 Å². The lowest BCUT2D eigenvalue weighted by Crippen LogP contribution is -2.44. The highest BCUT2D eigenvalue weighted by molar-refractivity contribution is 5.78. The van der Waals surface area contributed by atoms with Gasteiger partial charge in [-0.3, -0.25) is 14.9 Å². The fourth-order valence-corrected chi connectivity index (χ4v) is 2.83. The molecular weight excluding hydrogens is 272 g/mol. The van der Waals surface area contributed by atoms with Crippen LogP contribution in [0.25, 0.3) is 0 Å². The van der Waals surface area contributed by atoms with E-state index in [0.717, 1.165) is 19.5 Å². The maximum atomic E-state index is 12.2. The Morgan fingerprint density at radius 1 is 1.33 bits per heavy atom. The summed E-state index contributed by atoms with van der Waals surface area (Å²) >= 11 is 0. The summed E-state index contributed by atoms with van der Waals surface area (Å²) < 4.78 is 5.35. The van der Waals surface area contributed by atoms with Crippen LogP contribution in [0.5, 0.6) is 5.75 Å². The minimum atomic E-state index is -0.509. The summed E-state index contributed by atoms with van der Waals surface area (Å²) in [6, 6.07) is 6.09. The van der Waals surface area contributed by atoms with Crippen LogP contribution in [0, 0.1) is 22.0 Å². The van der Waals surface area contributed by atoms with Crippen LogP contribution < -0.4 is 4.74 Å². The van der Waals surface area contributed by atoms with E-state index in [1.54, 1.807) is 17.0 Å². The Kier molecular flexibility index (Phi) is 4.77. The largest absolute Gasteiger partial charge is 0.477 e. The van der Waals surface area contributed by atoms with Gasteiger partial charge in [-0.2, -0.15) is 0 Å². The molecule has 2 atom stereocenters. The van der Waals surface area contributed by atoms with Crippen molar-refractivity contribution in [1.29, 1.82) is 0 Å². The van der Waals surface area contributed by atoms with Crippen LogP contribution in [0.2, 0.25) is 0 Å². The molecule has 2 unspecified atom stereocenters. The number of ether oxygens (including phenoxy) is 1. The molecule has 0 saturated carbocycles. The molecule has 6 nitrogen and oxygen atoms in total. The molecule has 21 heavy (non-hydrogen) atoms. The Morgan fingerprint density at radius 2 is 1.95 bits per heavy atom. The summed E-state index contributed by atoms with van der Waals surface area (Å²) in [5.74, 6) is 0.966. The van der Waals surface area contributed by atoms with Gasteiger partial charge in [0.2, 0.25) is 0 Å². The Balaban J connectivity index is 1.97. The molecule has 1 aromatic rings. The Labute approximate surface area is 123 Å². The summed E-state index contributed by atoms with van der Waals surface area (Å²) in [7, 11) is 0. The molecule has 6 heteroatoms. The standard InChI is InChI=1S/C15H20N2O4/c1-11-7-12(2)9-16(8-11)15(18)10-21-14-6-4-3-5-13(14)17(19)20/h3-6,11-12H,7-10H2,1-2H3. The van der Waals surface area contributed by atoms with E-state index in [1.165, 1.54) is 12.1 Å². The van der Waals surface area contributed by atoms with Gasteiger partial charge in [0.05, 0.1) is 4.92 Å². The maximum absolute atomic E-state index is 12.2. The van der Waals surface area contributed by atoms with Crippen molar-refractivity contribution in [2.45, 2.75) is 20.3 Å². The molecule has 1 aliphatic rings. The normalized spacial score (nSPS) is 21.9. The number of nitro groups is 1. The molecule has 1 amide bonds. The quantitative estimate of drug-likeness (QED) is 0.631. The van der Waals surface area contributed by atoms with Crippen LogP contribution in [-0.2, 0) is 4.79 Å². The second-order valence-corrected chi connectivity index (χ2v) is 5.76. The highest BCUT2D eigenvalue weighted by atomic mass is 16.6. The summed E-state index contributed by atoms with van der Waals surface area (Å²) in [4.78, 5) is 24.3. The predicted octanol–water partition coefficient (Wildman–Crippen LogP) is 2.48. The van der Waals surface area contributed by atoms with Gasteiger partial charge in [-0.25, -0.2) is 0 Å². The first-order chi connectivity index (χ1) is 9.97. The third kappa shape index (κ3) is 3.93. The number of piperidine rings is 1. The van der Waals surface area contributed by atoms with Gasteiger partial charge >= 0.3 is 5.69 Å².